The maximum Gasteiger partial charge on any atom is 0.321 e. The lowest BCUT2D eigenvalue weighted by atomic mass is 10.4. The summed E-state index contributed by atoms with van der Waals surface area (Å²) in [5.41, 5.74) is 0. The van der Waals surface area contributed by atoms with Crippen LogP contribution < -0.4 is 10.6 Å². The minimum absolute atomic E-state index is 0.00840. The summed E-state index contributed by atoms with van der Waals surface area (Å²) in [6.45, 7) is 0.815. The SMILES string of the molecule is O=C(CN(CCO)C1CC1)NC(=O)NCc1ccco1. The normalized spacial score (nSPS) is 14.3. The van der Waals surface area contributed by atoms with Gasteiger partial charge in [0.15, 0.2) is 0 Å². The molecule has 2 rings (SSSR count). The zero-order chi connectivity index (χ0) is 14.4. The molecule has 0 bridgehead atoms. The predicted octanol–water partition coefficient (Wildman–Crippen LogP) is 0.0621. The van der Waals surface area contributed by atoms with Crippen LogP contribution >= 0.6 is 0 Å². The molecule has 1 aliphatic rings. The Labute approximate surface area is 116 Å². The maximum absolute atomic E-state index is 11.7. The molecule has 1 heterocycles. The van der Waals surface area contributed by atoms with Crippen molar-refractivity contribution in [2.75, 3.05) is 19.7 Å². The van der Waals surface area contributed by atoms with Gasteiger partial charge >= 0.3 is 6.03 Å². The van der Waals surface area contributed by atoms with Crippen molar-refractivity contribution in [3.63, 3.8) is 0 Å². The topological polar surface area (TPSA) is 94.8 Å². The third kappa shape index (κ3) is 4.67. The quantitative estimate of drug-likeness (QED) is 0.657. The number of imide groups is 1. The Morgan fingerprint density at radius 2 is 2.25 bits per heavy atom. The Balaban J connectivity index is 1.68. The van der Waals surface area contributed by atoms with Crippen molar-refractivity contribution in [2.24, 2.45) is 0 Å². The molecule has 1 saturated carbocycles. The number of rotatable bonds is 7. The fourth-order valence-corrected chi connectivity index (χ4v) is 1.93. The fraction of sp³-hybridized carbons (Fsp3) is 0.538. The Kier molecular flexibility index (Phi) is 5.14. The Bertz CT molecular complexity index is 442. The number of aliphatic hydroxyl groups is 1. The van der Waals surface area contributed by atoms with Crippen LogP contribution in [0.25, 0.3) is 0 Å². The summed E-state index contributed by atoms with van der Waals surface area (Å²) in [5.74, 6) is 0.245. The molecule has 3 N–H and O–H groups in total. The van der Waals surface area contributed by atoms with Crippen LogP contribution in [0.5, 0.6) is 0 Å². The lowest BCUT2D eigenvalue weighted by Gasteiger charge is -2.19. The number of nitrogens with zero attached hydrogens (tertiary/aromatic N) is 1. The molecular formula is C13H19N3O4. The van der Waals surface area contributed by atoms with E-state index in [2.05, 4.69) is 10.6 Å². The van der Waals surface area contributed by atoms with Crippen molar-refractivity contribution in [1.29, 1.82) is 0 Å². The van der Waals surface area contributed by atoms with E-state index in [4.69, 9.17) is 9.52 Å². The van der Waals surface area contributed by atoms with Gasteiger partial charge in [0.2, 0.25) is 5.91 Å². The van der Waals surface area contributed by atoms with E-state index in [9.17, 15) is 9.59 Å². The van der Waals surface area contributed by atoms with Gasteiger partial charge in [0.1, 0.15) is 5.76 Å². The molecule has 20 heavy (non-hydrogen) atoms. The van der Waals surface area contributed by atoms with Crippen LogP contribution in [0.1, 0.15) is 18.6 Å². The van der Waals surface area contributed by atoms with E-state index in [0.29, 0.717) is 18.3 Å². The molecule has 3 amide bonds. The molecule has 7 heteroatoms. The Morgan fingerprint density at radius 1 is 1.45 bits per heavy atom. The van der Waals surface area contributed by atoms with Gasteiger partial charge in [-0.1, -0.05) is 0 Å². The number of amides is 3. The molecule has 0 unspecified atom stereocenters. The molecule has 1 aromatic rings. The second-order valence-electron chi connectivity index (χ2n) is 4.74. The number of carbonyl (C=O) groups is 2. The molecule has 0 aliphatic heterocycles. The summed E-state index contributed by atoms with van der Waals surface area (Å²) >= 11 is 0. The van der Waals surface area contributed by atoms with E-state index < -0.39 is 6.03 Å². The third-order valence-corrected chi connectivity index (χ3v) is 3.05. The molecule has 0 spiro atoms. The first-order chi connectivity index (χ1) is 9.69. The van der Waals surface area contributed by atoms with Gasteiger partial charge < -0.3 is 14.8 Å². The van der Waals surface area contributed by atoms with Gasteiger partial charge in [0.05, 0.1) is 26.0 Å². The summed E-state index contributed by atoms with van der Waals surface area (Å²) in [7, 11) is 0. The van der Waals surface area contributed by atoms with E-state index in [-0.39, 0.29) is 25.6 Å². The molecule has 7 nitrogen and oxygen atoms in total. The van der Waals surface area contributed by atoms with Gasteiger partial charge in [-0.3, -0.25) is 15.0 Å². The highest BCUT2D eigenvalue weighted by molar-refractivity contribution is 5.95. The first-order valence-corrected chi connectivity index (χ1v) is 6.64. The van der Waals surface area contributed by atoms with Crippen molar-refractivity contribution in [3.8, 4) is 0 Å². The summed E-state index contributed by atoms with van der Waals surface area (Å²) in [5, 5.41) is 13.7. The van der Waals surface area contributed by atoms with Crippen LogP contribution in [0.3, 0.4) is 0 Å². The zero-order valence-electron chi connectivity index (χ0n) is 11.2. The number of urea groups is 1. The van der Waals surface area contributed by atoms with Gasteiger partial charge in [0.25, 0.3) is 0 Å². The minimum Gasteiger partial charge on any atom is -0.467 e. The molecule has 0 aromatic carbocycles. The highest BCUT2D eigenvalue weighted by Gasteiger charge is 2.29. The molecule has 0 atom stereocenters. The predicted molar refractivity (Wildman–Crippen MR) is 70.8 cm³/mol. The van der Waals surface area contributed by atoms with Crippen LogP contribution in [0.15, 0.2) is 22.8 Å². The number of furan rings is 1. The van der Waals surface area contributed by atoms with Crippen molar-refractivity contribution in [2.45, 2.75) is 25.4 Å². The summed E-state index contributed by atoms with van der Waals surface area (Å²) in [4.78, 5) is 25.1. The lowest BCUT2D eigenvalue weighted by molar-refractivity contribution is -0.121. The van der Waals surface area contributed by atoms with E-state index >= 15 is 0 Å². The van der Waals surface area contributed by atoms with E-state index in [1.54, 1.807) is 12.1 Å². The highest BCUT2D eigenvalue weighted by Crippen LogP contribution is 2.25. The van der Waals surface area contributed by atoms with Crippen LogP contribution in [0.4, 0.5) is 4.79 Å². The number of aliphatic hydroxyl groups excluding tert-OH is 1. The minimum atomic E-state index is -0.550. The third-order valence-electron chi connectivity index (χ3n) is 3.05. The van der Waals surface area contributed by atoms with E-state index in [1.165, 1.54) is 6.26 Å². The fourth-order valence-electron chi connectivity index (χ4n) is 1.93. The van der Waals surface area contributed by atoms with Crippen LogP contribution in [-0.2, 0) is 11.3 Å². The van der Waals surface area contributed by atoms with Gasteiger partial charge in [-0.05, 0) is 25.0 Å². The number of carbonyl (C=O) groups excluding carboxylic acids is 2. The zero-order valence-corrected chi connectivity index (χ0v) is 11.2. The van der Waals surface area contributed by atoms with E-state index in [1.807, 2.05) is 4.90 Å². The first kappa shape index (κ1) is 14.5. The monoisotopic (exact) mass is 281 g/mol. The molecule has 1 aliphatic carbocycles. The summed E-state index contributed by atoms with van der Waals surface area (Å²) in [6, 6.07) is 3.27. The average Bonchev–Trinajstić information content (AvgIpc) is 3.12. The second kappa shape index (κ2) is 7.06. The van der Waals surface area contributed by atoms with Crippen LogP contribution in [0, 0.1) is 0 Å². The van der Waals surface area contributed by atoms with Crippen molar-refractivity contribution in [1.82, 2.24) is 15.5 Å². The van der Waals surface area contributed by atoms with Gasteiger partial charge in [-0.2, -0.15) is 0 Å². The number of nitrogens with one attached hydrogen (secondary N) is 2. The molecule has 1 fully saturated rings. The van der Waals surface area contributed by atoms with Gasteiger partial charge in [0, 0.05) is 12.6 Å². The van der Waals surface area contributed by atoms with Crippen molar-refractivity contribution >= 4 is 11.9 Å². The maximum atomic E-state index is 11.7. The van der Waals surface area contributed by atoms with Crippen molar-refractivity contribution < 1.29 is 19.1 Å². The van der Waals surface area contributed by atoms with Gasteiger partial charge in [-0.25, -0.2) is 4.79 Å². The van der Waals surface area contributed by atoms with E-state index in [0.717, 1.165) is 12.8 Å². The molecule has 1 aromatic heterocycles. The van der Waals surface area contributed by atoms with Crippen LogP contribution in [0.2, 0.25) is 0 Å². The molecule has 110 valence electrons. The second-order valence-corrected chi connectivity index (χ2v) is 4.74. The first-order valence-electron chi connectivity index (χ1n) is 6.64. The molecule has 0 saturated heterocycles. The van der Waals surface area contributed by atoms with Crippen LogP contribution in [-0.4, -0.2) is 47.7 Å². The standard InChI is InChI=1S/C13H19N3O4/c17-6-5-16(10-3-4-10)9-12(18)15-13(19)14-8-11-2-1-7-20-11/h1-2,7,10,17H,3-6,8-9H2,(H2,14,15,18,19). The lowest BCUT2D eigenvalue weighted by Crippen LogP contribution is -2.45. The highest BCUT2D eigenvalue weighted by atomic mass is 16.3. The molecule has 0 radical (unpaired) electrons. The number of hydrogen-bond donors (Lipinski definition) is 3. The average molecular weight is 281 g/mol. The Morgan fingerprint density at radius 3 is 2.85 bits per heavy atom. The molecular weight excluding hydrogens is 262 g/mol. The van der Waals surface area contributed by atoms with Crippen molar-refractivity contribution in [3.05, 3.63) is 24.2 Å². The Hall–Kier alpha value is -1.86. The summed E-state index contributed by atoms with van der Waals surface area (Å²) in [6.07, 6.45) is 3.60. The number of hydrogen-bond acceptors (Lipinski definition) is 5. The smallest absolute Gasteiger partial charge is 0.321 e. The summed E-state index contributed by atoms with van der Waals surface area (Å²) < 4.78 is 5.06. The largest absolute Gasteiger partial charge is 0.467 e. The van der Waals surface area contributed by atoms with Gasteiger partial charge in [-0.15, -0.1) is 0 Å².